The summed E-state index contributed by atoms with van der Waals surface area (Å²) >= 11 is 0. The predicted octanol–water partition coefficient (Wildman–Crippen LogP) is 3.50. The largest absolute Gasteiger partial charge is 0.393 e. The molecular weight excluding hydrogens is 404 g/mol. The van der Waals surface area contributed by atoms with Crippen molar-refractivity contribution in [1.82, 2.24) is 0 Å². The number of aliphatic hydroxyl groups excluding tert-OH is 4. The van der Waals surface area contributed by atoms with Crippen molar-refractivity contribution < 1.29 is 25.5 Å². The Kier molecular flexibility index (Phi) is 6.84. The standard InChI is InChI=1S/C27H48O5/c1-16(6-5-10-25(2,32)15-28)19-7-8-20-24-21(14-23(31)27(19,20)4)26(3)11-9-18(29)12-17(26)13-22(24)30/h16-24,28-32H,5-15H2,1-4H3/t16?,17-,18+,19?,20?,21?,22+,23-,24?,25?,26?,27?/m0/s1. The molecule has 186 valence electrons. The molecule has 8 unspecified atom stereocenters. The second kappa shape index (κ2) is 8.78. The van der Waals surface area contributed by atoms with E-state index < -0.39 is 5.60 Å². The van der Waals surface area contributed by atoms with Crippen molar-refractivity contribution in [3.8, 4) is 0 Å². The first kappa shape index (κ1) is 24.9. The van der Waals surface area contributed by atoms with Crippen molar-refractivity contribution in [3.05, 3.63) is 0 Å². The highest BCUT2D eigenvalue weighted by Crippen LogP contribution is 2.68. The van der Waals surface area contributed by atoms with Gasteiger partial charge in [0.1, 0.15) is 0 Å². The van der Waals surface area contributed by atoms with Gasteiger partial charge in [-0.05, 0) is 105 Å². The van der Waals surface area contributed by atoms with Crippen LogP contribution >= 0.6 is 0 Å². The summed E-state index contributed by atoms with van der Waals surface area (Å²) < 4.78 is 0. The molecule has 4 aliphatic rings. The average Bonchev–Trinajstić information content (AvgIpc) is 3.08. The van der Waals surface area contributed by atoms with Crippen molar-refractivity contribution in [3.63, 3.8) is 0 Å². The molecule has 5 heteroatoms. The van der Waals surface area contributed by atoms with Crippen LogP contribution in [0, 0.1) is 46.3 Å². The molecule has 0 aromatic rings. The lowest BCUT2D eigenvalue weighted by Crippen LogP contribution is -2.62. The maximum Gasteiger partial charge on any atom is 0.0849 e. The van der Waals surface area contributed by atoms with E-state index in [1.54, 1.807) is 6.92 Å². The minimum absolute atomic E-state index is 0.116. The molecule has 0 aromatic carbocycles. The van der Waals surface area contributed by atoms with Gasteiger partial charge in [0.25, 0.3) is 0 Å². The van der Waals surface area contributed by atoms with Crippen molar-refractivity contribution in [2.75, 3.05) is 6.61 Å². The van der Waals surface area contributed by atoms with E-state index in [1.807, 2.05) is 0 Å². The molecule has 5 nitrogen and oxygen atoms in total. The van der Waals surface area contributed by atoms with E-state index >= 15 is 0 Å². The predicted molar refractivity (Wildman–Crippen MR) is 125 cm³/mol. The second-order valence-corrected chi connectivity index (χ2v) is 13.1. The molecule has 0 amide bonds. The van der Waals surface area contributed by atoms with Crippen LogP contribution in [0.4, 0.5) is 0 Å². The monoisotopic (exact) mass is 452 g/mol. The molecule has 0 heterocycles. The first-order chi connectivity index (χ1) is 14.9. The van der Waals surface area contributed by atoms with Gasteiger partial charge in [0.05, 0.1) is 30.5 Å². The smallest absolute Gasteiger partial charge is 0.0849 e. The number of rotatable bonds is 6. The van der Waals surface area contributed by atoms with E-state index in [-0.39, 0.29) is 41.7 Å². The van der Waals surface area contributed by atoms with Gasteiger partial charge in [-0.15, -0.1) is 0 Å². The highest BCUT2D eigenvalue weighted by atomic mass is 16.3. The molecule has 0 spiro atoms. The fourth-order valence-corrected chi connectivity index (χ4v) is 9.22. The molecule has 0 radical (unpaired) electrons. The van der Waals surface area contributed by atoms with Gasteiger partial charge in [-0.3, -0.25) is 0 Å². The maximum atomic E-state index is 11.6. The third-order valence-electron chi connectivity index (χ3n) is 11.2. The molecular formula is C27H48O5. The lowest BCUT2D eigenvalue weighted by molar-refractivity contribution is -0.207. The topological polar surface area (TPSA) is 101 Å². The van der Waals surface area contributed by atoms with Crippen LogP contribution in [0.2, 0.25) is 0 Å². The zero-order chi connectivity index (χ0) is 23.5. The summed E-state index contributed by atoms with van der Waals surface area (Å²) in [6.07, 6.45) is 7.96. The van der Waals surface area contributed by atoms with Gasteiger partial charge in [0, 0.05) is 0 Å². The normalized spacial score (nSPS) is 51.3. The van der Waals surface area contributed by atoms with E-state index in [2.05, 4.69) is 20.8 Å². The zero-order valence-corrected chi connectivity index (χ0v) is 20.7. The molecule has 0 aromatic heterocycles. The Hall–Kier alpha value is -0.200. The van der Waals surface area contributed by atoms with Crippen LogP contribution in [0.5, 0.6) is 0 Å². The summed E-state index contributed by atoms with van der Waals surface area (Å²) in [5.74, 6) is 2.17. The SMILES string of the molecule is CC(CCCC(C)(O)CO)C1CCC2C3C(C[C@H](O)C12C)C1(C)CC[C@@H](O)C[C@H]1C[C@H]3O. The second-order valence-electron chi connectivity index (χ2n) is 13.1. The summed E-state index contributed by atoms with van der Waals surface area (Å²) in [5, 5.41) is 52.7. The lowest BCUT2D eigenvalue weighted by atomic mass is 9.43. The number of hydrogen-bond donors (Lipinski definition) is 5. The lowest BCUT2D eigenvalue weighted by Gasteiger charge is -2.63. The van der Waals surface area contributed by atoms with Gasteiger partial charge in [-0.1, -0.05) is 33.6 Å². The Morgan fingerprint density at radius 1 is 1.00 bits per heavy atom. The van der Waals surface area contributed by atoms with E-state index in [9.17, 15) is 25.5 Å². The molecule has 5 N–H and O–H groups in total. The summed E-state index contributed by atoms with van der Waals surface area (Å²) in [7, 11) is 0. The fraction of sp³-hybridized carbons (Fsp3) is 1.00. The van der Waals surface area contributed by atoms with Crippen LogP contribution in [0.3, 0.4) is 0 Å². The van der Waals surface area contributed by atoms with Gasteiger partial charge < -0.3 is 25.5 Å². The molecule has 0 aliphatic heterocycles. The van der Waals surface area contributed by atoms with Crippen molar-refractivity contribution in [1.29, 1.82) is 0 Å². The van der Waals surface area contributed by atoms with Crippen molar-refractivity contribution in [2.24, 2.45) is 46.3 Å². The molecule has 4 rings (SSSR count). The molecule has 0 saturated heterocycles. The Morgan fingerprint density at radius 3 is 2.41 bits per heavy atom. The van der Waals surface area contributed by atoms with Crippen LogP contribution in [0.15, 0.2) is 0 Å². The van der Waals surface area contributed by atoms with Gasteiger partial charge >= 0.3 is 0 Å². The van der Waals surface area contributed by atoms with E-state index in [0.717, 1.165) is 57.8 Å². The first-order valence-electron chi connectivity index (χ1n) is 13.3. The number of aliphatic hydroxyl groups is 5. The summed E-state index contributed by atoms with van der Waals surface area (Å²) in [5.41, 5.74) is -1.06. The molecule has 32 heavy (non-hydrogen) atoms. The fourth-order valence-electron chi connectivity index (χ4n) is 9.22. The maximum absolute atomic E-state index is 11.6. The Bertz CT molecular complexity index is 666. The van der Waals surface area contributed by atoms with Crippen LogP contribution < -0.4 is 0 Å². The van der Waals surface area contributed by atoms with E-state index in [0.29, 0.717) is 36.0 Å². The van der Waals surface area contributed by atoms with Gasteiger partial charge in [-0.2, -0.15) is 0 Å². The molecule has 0 bridgehead atoms. The van der Waals surface area contributed by atoms with Gasteiger partial charge in [-0.25, -0.2) is 0 Å². The van der Waals surface area contributed by atoms with Crippen LogP contribution in [0.25, 0.3) is 0 Å². The highest BCUT2D eigenvalue weighted by molar-refractivity contribution is 5.14. The Balaban J connectivity index is 1.51. The number of fused-ring (bicyclic) bond motifs is 5. The van der Waals surface area contributed by atoms with Crippen molar-refractivity contribution >= 4 is 0 Å². The highest BCUT2D eigenvalue weighted by Gasteiger charge is 2.65. The van der Waals surface area contributed by atoms with Gasteiger partial charge in [0.15, 0.2) is 0 Å². The van der Waals surface area contributed by atoms with E-state index in [4.69, 9.17) is 0 Å². The van der Waals surface area contributed by atoms with Crippen molar-refractivity contribution in [2.45, 2.75) is 116 Å². The molecule has 12 atom stereocenters. The Labute approximate surface area is 194 Å². The third-order valence-corrected chi connectivity index (χ3v) is 11.2. The summed E-state index contributed by atoms with van der Waals surface area (Å²) in [6.45, 7) is 8.45. The van der Waals surface area contributed by atoms with Gasteiger partial charge in [0.2, 0.25) is 0 Å². The average molecular weight is 453 g/mol. The van der Waals surface area contributed by atoms with Crippen LogP contribution in [0.1, 0.15) is 91.9 Å². The Morgan fingerprint density at radius 2 is 1.72 bits per heavy atom. The van der Waals surface area contributed by atoms with Crippen LogP contribution in [-0.2, 0) is 0 Å². The summed E-state index contributed by atoms with van der Waals surface area (Å²) in [6, 6.07) is 0. The van der Waals surface area contributed by atoms with Crippen LogP contribution in [-0.4, -0.2) is 56.1 Å². The molecule has 4 saturated carbocycles. The quantitative estimate of drug-likeness (QED) is 0.425. The number of hydrogen-bond acceptors (Lipinski definition) is 5. The minimum atomic E-state index is -1.01. The first-order valence-corrected chi connectivity index (χ1v) is 13.3. The van der Waals surface area contributed by atoms with E-state index in [1.165, 1.54) is 0 Å². The minimum Gasteiger partial charge on any atom is -0.393 e. The third kappa shape index (κ3) is 3.98. The summed E-state index contributed by atoms with van der Waals surface area (Å²) in [4.78, 5) is 0. The zero-order valence-electron chi connectivity index (χ0n) is 20.7. The molecule has 4 aliphatic carbocycles. The molecule has 4 fully saturated rings.